The topological polar surface area (TPSA) is 32.8 Å². The molecule has 0 bridgehead atoms. The number of carbonyl (C=O) groups excluding carboxylic acids is 1. The number of ether oxygens (including phenoxy) is 1. The molecule has 0 radical (unpaired) electrons. The van der Waals surface area contributed by atoms with Crippen molar-refractivity contribution < 1.29 is 9.53 Å². The molecule has 1 aromatic carbocycles. The van der Waals surface area contributed by atoms with E-state index < -0.39 is 0 Å². The highest BCUT2D eigenvalue weighted by atomic mass is 32.1. The van der Waals surface area contributed by atoms with E-state index in [1.807, 2.05) is 28.5 Å². The maximum absolute atomic E-state index is 12.4. The fraction of sp³-hybridized carbons (Fsp3) is 0.421. The van der Waals surface area contributed by atoms with Crippen LogP contribution in [-0.2, 0) is 11.3 Å². The van der Waals surface area contributed by atoms with Crippen molar-refractivity contribution in [3.8, 4) is 0 Å². The first kappa shape index (κ1) is 15.8. The van der Waals surface area contributed by atoms with Gasteiger partial charge in [-0.3, -0.25) is 9.69 Å². The molecule has 1 spiro atoms. The number of hydrogen-bond acceptors (Lipinski definition) is 4. The molecule has 2 fully saturated rings. The molecule has 2 aromatic rings. The molecule has 126 valence electrons. The van der Waals surface area contributed by atoms with Gasteiger partial charge in [-0.15, -0.1) is 11.3 Å². The van der Waals surface area contributed by atoms with Gasteiger partial charge in [-0.25, -0.2) is 0 Å². The molecule has 2 aliphatic rings. The fourth-order valence-corrected chi connectivity index (χ4v) is 4.36. The van der Waals surface area contributed by atoms with Crippen molar-refractivity contribution in [3.05, 3.63) is 58.3 Å². The highest BCUT2D eigenvalue weighted by Gasteiger charge is 2.52. The molecule has 0 N–H and O–H groups in total. The van der Waals surface area contributed by atoms with Crippen LogP contribution in [0.2, 0.25) is 0 Å². The van der Waals surface area contributed by atoms with Crippen LogP contribution in [0.3, 0.4) is 0 Å². The molecule has 0 aliphatic carbocycles. The van der Waals surface area contributed by atoms with Crippen molar-refractivity contribution >= 4 is 17.2 Å². The number of thiophene rings is 1. The van der Waals surface area contributed by atoms with Crippen molar-refractivity contribution in [2.45, 2.75) is 24.6 Å². The minimum atomic E-state index is -0.122. The second-order valence-electron chi connectivity index (χ2n) is 6.89. The summed E-state index contributed by atoms with van der Waals surface area (Å²) in [6, 6.07) is 14.8. The zero-order valence-electron chi connectivity index (χ0n) is 13.9. The van der Waals surface area contributed by atoms with E-state index >= 15 is 0 Å². The lowest BCUT2D eigenvalue weighted by Gasteiger charge is -2.47. The van der Waals surface area contributed by atoms with Gasteiger partial charge in [0.2, 0.25) is 0 Å². The zero-order chi connectivity index (χ0) is 16.6. The van der Waals surface area contributed by atoms with E-state index in [9.17, 15) is 4.79 Å². The summed E-state index contributed by atoms with van der Waals surface area (Å²) < 4.78 is 6.11. The molecule has 5 heteroatoms. The average molecular weight is 342 g/mol. The normalized spacial score (nSPS) is 22.1. The lowest BCUT2D eigenvalue weighted by Crippen LogP contribution is -2.63. The summed E-state index contributed by atoms with van der Waals surface area (Å²) in [4.78, 5) is 17.5. The number of benzene rings is 1. The Hall–Kier alpha value is -1.69. The van der Waals surface area contributed by atoms with Crippen LogP contribution < -0.4 is 0 Å². The van der Waals surface area contributed by atoms with Crippen LogP contribution in [0, 0.1) is 0 Å². The molecular formula is C19H22N2O2S. The lowest BCUT2D eigenvalue weighted by atomic mass is 9.89. The SMILES string of the molecule is CN(Cc1ccccc1)C1COC2(C1)CN(C(=O)c1cccs1)C2. The summed E-state index contributed by atoms with van der Waals surface area (Å²) >= 11 is 1.51. The molecule has 1 atom stereocenters. The minimum Gasteiger partial charge on any atom is -0.370 e. The molecule has 24 heavy (non-hydrogen) atoms. The smallest absolute Gasteiger partial charge is 0.264 e. The zero-order valence-corrected chi connectivity index (χ0v) is 14.7. The monoisotopic (exact) mass is 342 g/mol. The second-order valence-corrected chi connectivity index (χ2v) is 7.84. The Labute approximate surface area is 146 Å². The van der Waals surface area contributed by atoms with Crippen LogP contribution in [0.4, 0.5) is 0 Å². The quantitative estimate of drug-likeness (QED) is 0.856. The third kappa shape index (κ3) is 2.99. The van der Waals surface area contributed by atoms with Crippen LogP contribution >= 0.6 is 11.3 Å². The van der Waals surface area contributed by atoms with Gasteiger partial charge in [0.15, 0.2) is 0 Å². The van der Waals surface area contributed by atoms with E-state index in [-0.39, 0.29) is 11.5 Å². The van der Waals surface area contributed by atoms with Crippen molar-refractivity contribution in [1.82, 2.24) is 9.80 Å². The number of rotatable bonds is 4. The van der Waals surface area contributed by atoms with Gasteiger partial charge >= 0.3 is 0 Å². The van der Waals surface area contributed by atoms with Crippen LogP contribution in [0.25, 0.3) is 0 Å². The van der Waals surface area contributed by atoms with Crippen LogP contribution in [0.15, 0.2) is 47.8 Å². The molecule has 1 unspecified atom stereocenters. The number of amides is 1. The van der Waals surface area contributed by atoms with Gasteiger partial charge in [-0.05, 0) is 30.5 Å². The van der Waals surface area contributed by atoms with Crippen molar-refractivity contribution in [2.75, 3.05) is 26.7 Å². The Bertz CT molecular complexity index is 695. The Morgan fingerprint density at radius 3 is 2.79 bits per heavy atom. The molecule has 1 amide bonds. The number of likely N-dealkylation sites (N-methyl/N-ethyl adjacent to an activating group) is 1. The van der Waals surface area contributed by atoms with Crippen molar-refractivity contribution in [2.24, 2.45) is 0 Å². The van der Waals surface area contributed by atoms with Crippen LogP contribution in [0.1, 0.15) is 21.7 Å². The first-order valence-electron chi connectivity index (χ1n) is 8.36. The standard InChI is InChI=1S/C19H22N2O2S/c1-20(11-15-6-3-2-4-7-15)16-10-19(23-12-16)13-21(14-19)18(22)17-8-5-9-24-17/h2-9,16H,10-14H2,1H3. The Balaban J connectivity index is 1.32. The minimum absolute atomic E-state index is 0.122. The van der Waals surface area contributed by atoms with E-state index in [2.05, 4.69) is 36.2 Å². The van der Waals surface area contributed by atoms with E-state index in [4.69, 9.17) is 4.74 Å². The summed E-state index contributed by atoms with van der Waals surface area (Å²) in [5, 5.41) is 1.95. The molecule has 4 rings (SSSR count). The van der Waals surface area contributed by atoms with E-state index in [1.165, 1.54) is 16.9 Å². The average Bonchev–Trinajstić information content (AvgIpc) is 3.24. The summed E-state index contributed by atoms with van der Waals surface area (Å²) in [5.74, 6) is 0.139. The molecule has 4 nitrogen and oxygen atoms in total. The van der Waals surface area contributed by atoms with E-state index in [0.717, 1.165) is 37.5 Å². The fourth-order valence-electron chi connectivity index (χ4n) is 3.67. The van der Waals surface area contributed by atoms with Crippen molar-refractivity contribution in [1.29, 1.82) is 0 Å². The molecule has 2 aliphatic heterocycles. The highest BCUT2D eigenvalue weighted by Crippen LogP contribution is 2.37. The summed E-state index contributed by atoms with van der Waals surface area (Å²) in [7, 11) is 2.16. The van der Waals surface area contributed by atoms with E-state index in [1.54, 1.807) is 0 Å². The van der Waals surface area contributed by atoms with Crippen molar-refractivity contribution in [3.63, 3.8) is 0 Å². The lowest BCUT2D eigenvalue weighted by molar-refractivity contribution is -0.0949. The maximum Gasteiger partial charge on any atom is 0.264 e. The predicted molar refractivity (Wildman–Crippen MR) is 95.2 cm³/mol. The third-order valence-electron chi connectivity index (χ3n) is 5.06. The first-order valence-corrected chi connectivity index (χ1v) is 9.24. The Kier molecular flexibility index (Phi) is 4.16. The van der Waals surface area contributed by atoms with Gasteiger partial charge in [0.25, 0.3) is 5.91 Å². The molecular weight excluding hydrogens is 320 g/mol. The highest BCUT2D eigenvalue weighted by molar-refractivity contribution is 7.12. The van der Waals surface area contributed by atoms with Gasteiger partial charge in [0.1, 0.15) is 5.60 Å². The van der Waals surface area contributed by atoms with Crippen LogP contribution in [0.5, 0.6) is 0 Å². The second kappa shape index (κ2) is 6.31. The van der Waals surface area contributed by atoms with Gasteiger partial charge in [0, 0.05) is 12.6 Å². The van der Waals surface area contributed by atoms with Gasteiger partial charge < -0.3 is 9.64 Å². The molecule has 1 aromatic heterocycles. The third-order valence-corrected chi connectivity index (χ3v) is 5.92. The summed E-state index contributed by atoms with van der Waals surface area (Å²) in [6.07, 6.45) is 1.00. The number of carbonyl (C=O) groups is 1. The van der Waals surface area contributed by atoms with Crippen LogP contribution in [-0.4, -0.2) is 54.1 Å². The first-order chi connectivity index (χ1) is 11.7. The molecule has 3 heterocycles. The number of likely N-dealkylation sites (tertiary alicyclic amines) is 1. The van der Waals surface area contributed by atoms with E-state index in [0.29, 0.717) is 6.04 Å². The number of hydrogen-bond donors (Lipinski definition) is 0. The summed E-state index contributed by atoms with van der Waals surface area (Å²) in [5.41, 5.74) is 1.20. The largest absolute Gasteiger partial charge is 0.370 e. The Morgan fingerprint density at radius 2 is 2.08 bits per heavy atom. The van der Waals surface area contributed by atoms with Gasteiger partial charge in [0.05, 0.1) is 24.6 Å². The predicted octanol–water partition coefficient (Wildman–Crippen LogP) is 2.86. The number of nitrogens with zero attached hydrogens (tertiary/aromatic N) is 2. The van der Waals surface area contributed by atoms with Gasteiger partial charge in [-0.2, -0.15) is 0 Å². The maximum atomic E-state index is 12.4. The summed E-state index contributed by atoms with van der Waals surface area (Å²) in [6.45, 7) is 3.13. The molecule has 2 saturated heterocycles. The molecule has 0 saturated carbocycles. The Morgan fingerprint density at radius 1 is 1.29 bits per heavy atom. The van der Waals surface area contributed by atoms with Gasteiger partial charge in [-0.1, -0.05) is 36.4 Å².